The maximum Gasteiger partial charge on any atom is 0.252 e. The summed E-state index contributed by atoms with van der Waals surface area (Å²) >= 11 is 0. The van der Waals surface area contributed by atoms with Crippen molar-refractivity contribution in [2.24, 2.45) is 5.92 Å². The number of rotatable bonds is 1. The van der Waals surface area contributed by atoms with Crippen molar-refractivity contribution in [2.75, 3.05) is 0 Å². The summed E-state index contributed by atoms with van der Waals surface area (Å²) in [5, 5.41) is 3.12. The minimum absolute atomic E-state index is 0.116. The first kappa shape index (κ1) is 8.96. The summed E-state index contributed by atoms with van der Waals surface area (Å²) < 4.78 is 0. The molecule has 1 aromatic rings. The van der Waals surface area contributed by atoms with Crippen LogP contribution in [-0.4, -0.2) is 5.91 Å². The molecule has 1 atom stereocenters. The van der Waals surface area contributed by atoms with Crippen LogP contribution < -0.4 is 5.32 Å². The maximum absolute atomic E-state index is 11.8. The smallest absolute Gasteiger partial charge is 0.252 e. The molecule has 1 aliphatic heterocycles. The standard InChI is InChI=1S/C13H15NO/c1-8-4-2-7-10-11(8)12(14-13(10)15)9-5-3-6-9/h2,4,7,9,12H,3,5-6H2,1H3,(H,14,15). The highest BCUT2D eigenvalue weighted by atomic mass is 16.2. The number of nitrogens with one attached hydrogen (secondary N) is 1. The molecule has 0 bridgehead atoms. The molecule has 15 heavy (non-hydrogen) atoms. The number of fused-ring (bicyclic) bond motifs is 1. The Labute approximate surface area is 89.7 Å². The van der Waals surface area contributed by atoms with Gasteiger partial charge in [0.2, 0.25) is 0 Å². The largest absolute Gasteiger partial charge is 0.345 e. The van der Waals surface area contributed by atoms with Crippen LogP contribution in [0.3, 0.4) is 0 Å². The number of carbonyl (C=O) groups is 1. The van der Waals surface area contributed by atoms with E-state index in [9.17, 15) is 4.79 Å². The van der Waals surface area contributed by atoms with E-state index in [-0.39, 0.29) is 5.91 Å². The molecule has 1 aliphatic carbocycles. The molecule has 0 aromatic heterocycles. The molecule has 2 heteroatoms. The SMILES string of the molecule is Cc1cccc2c1C(C1CCC1)NC2=O. The molecule has 2 aliphatic rings. The van der Waals surface area contributed by atoms with Crippen LogP contribution in [0, 0.1) is 12.8 Å². The fraction of sp³-hybridized carbons (Fsp3) is 0.462. The molecule has 0 saturated heterocycles. The Morgan fingerprint density at radius 2 is 2.13 bits per heavy atom. The molecule has 1 amide bonds. The van der Waals surface area contributed by atoms with Crippen LogP contribution in [0.2, 0.25) is 0 Å². The first-order chi connectivity index (χ1) is 7.27. The highest BCUT2D eigenvalue weighted by Gasteiger charge is 2.37. The molecular formula is C13H15NO. The summed E-state index contributed by atoms with van der Waals surface area (Å²) in [7, 11) is 0. The minimum Gasteiger partial charge on any atom is -0.345 e. The number of hydrogen-bond acceptors (Lipinski definition) is 1. The van der Waals surface area contributed by atoms with Gasteiger partial charge in [0.1, 0.15) is 0 Å². The zero-order valence-electron chi connectivity index (χ0n) is 8.92. The van der Waals surface area contributed by atoms with Crippen LogP contribution in [0.4, 0.5) is 0 Å². The van der Waals surface area contributed by atoms with Crippen molar-refractivity contribution in [2.45, 2.75) is 32.2 Å². The normalized spacial score (nSPS) is 24.6. The number of amides is 1. The van der Waals surface area contributed by atoms with E-state index in [0.29, 0.717) is 12.0 Å². The zero-order valence-corrected chi connectivity index (χ0v) is 8.92. The van der Waals surface area contributed by atoms with Gasteiger partial charge in [-0.2, -0.15) is 0 Å². The van der Waals surface area contributed by atoms with Crippen molar-refractivity contribution in [3.05, 3.63) is 34.9 Å². The molecule has 78 valence electrons. The maximum atomic E-state index is 11.8. The van der Waals surface area contributed by atoms with Crippen molar-refractivity contribution >= 4 is 5.91 Å². The van der Waals surface area contributed by atoms with E-state index in [1.165, 1.54) is 30.4 Å². The molecule has 3 rings (SSSR count). The second kappa shape index (κ2) is 3.09. The van der Waals surface area contributed by atoms with Gasteiger partial charge in [-0.25, -0.2) is 0 Å². The third-order valence-corrected chi connectivity index (χ3v) is 3.79. The highest BCUT2D eigenvalue weighted by molar-refractivity contribution is 5.99. The molecule has 2 nitrogen and oxygen atoms in total. The Hall–Kier alpha value is -1.31. The Morgan fingerprint density at radius 3 is 2.80 bits per heavy atom. The van der Waals surface area contributed by atoms with Crippen LogP contribution in [0.1, 0.15) is 46.8 Å². The van der Waals surface area contributed by atoms with Gasteiger partial charge in [0.25, 0.3) is 5.91 Å². The monoisotopic (exact) mass is 201 g/mol. The Balaban J connectivity index is 2.07. The van der Waals surface area contributed by atoms with Gasteiger partial charge in [-0.1, -0.05) is 18.6 Å². The fourth-order valence-electron chi connectivity index (χ4n) is 2.71. The van der Waals surface area contributed by atoms with E-state index in [1.54, 1.807) is 0 Å². The van der Waals surface area contributed by atoms with Crippen molar-refractivity contribution in [1.82, 2.24) is 5.32 Å². The van der Waals surface area contributed by atoms with Gasteiger partial charge < -0.3 is 5.32 Å². The van der Waals surface area contributed by atoms with Gasteiger partial charge in [-0.3, -0.25) is 4.79 Å². The van der Waals surface area contributed by atoms with Gasteiger partial charge in [-0.05, 0) is 42.9 Å². The second-order valence-electron chi connectivity index (χ2n) is 4.68. The van der Waals surface area contributed by atoms with Crippen molar-refractivity contribution in [3.63, 3.8) is 0 Å². The van der Waals surface area contributed by atoms with Gasteiger partial charge >= 0.3 is 0 Å². The lowest BCUT2D eigenvalue weighted by molar-refractivity contribution is 0.0932. The Bertz CT molecular complexity index is 421. The summed E-state index contributed by atoms with van der Waals surface area (Å²) in [6.07, 6.45) is 3.84. The van der Waals surface area contributed by atoms with Crippen molar-refractivity contribution < 1.29 is 4.79 Å². The molecule has 1 N–H and O–H groups in total. The number of aryl methyl sites for hydroxylation is 1. The molecule has 1 heterocycles. The third-order valence-electron chi connectivity index (χ3n) is 3.79. The Kier molecular flexibility index (Phi) is 1.84. The van der Waals surface area contributed by atoms with Gasteiger partial charge in [0, 0.05) is 5.56 Å². The first-order valence-electron chi connectivity index (χ1n) is 5.68. The predicted octanol–water partition coefficient (Wildman–Crippen LogP) is 2.58. The fourth-order valence-corrected chi connectivity index (χ4v) is 2.71. The van der Waals surface area contributed by atoms with Crippen LogP contribution in [0.15, 0.2) is 18.2 Å². The molecule has 1 saturated carbocycles. The topological polar surface area (TPSA) is 29.1 Å². The number of hydrogen-bond donors (Lipinski definition) is 1. The van der Waals surface area contributed by atoms with E-state index in [2.05, 4.69) is 18.3 Å². The van der Waals surface area contributed by atoms with Crippen LogP contribution in [-0.2, 0) is 0 Å². The summed E-state index contributed by atoms with van der Waals surface area (Å²) in [6.45, 7) is 2.10. The van der Waals surface area contributed by atoms with Crippen LogP contribution >= 0.6 is 0 Å². The van der Waals surface area contributed by atoms with Crippen molar-refractivity contribution in [3.8, 4) is 0 Å². The van der Waals surface area contributed by atoms with E-state index in [4.69, 9.17) is 0 Å². The summed E-state index contributed by atoms with van der Waals surface area (Å²) in [6, 6.07) is 6.31. The molecule has 0 spiro atoms. The molecule has 1 fully saturated rings. The quantitative estimate of drug-likeness (QED) is 0.743. The van der Waals surface area contributed by atoms with Crippen LogP contribution in [0.5, 0.6) is 0 Å². The van der Waals surface area contributed by atoms with Crippen molar-refractivity contribution in [1.29, 1.82) is 0 Å². The zero-order chi connectivity index (χ0) is 10.4. The first-order valence-corrected chi connectivity index (χ1v) is 5.68. The molecule has 1 unspecified atom stereocenters. The predicted molar refractivity (Wildman–Crippen MR) is 58.7 cm³/mol. The molecule has 1 aromatic carbocycles. The average Bonchev–Trinajstić information content (AvgIpc) is 2.43. The lowest BCUT2D eigenvalue weighted by atomic mass is 9.77. The average molecular weight is 201 g/mol. The van der Waals surface area contributed by atoms with E-state index >= 15 is 0 Å². The Morgan fingerprint density at radius 1 is 1.33 bits per heavy atom. The van der Waals surface area contributed by atoms with E-state index in [1.807, 2.05) is 12.1 Å². The van der Waals surface area contributed by atoms with Gasteiger partial charge in [0.15, 0.2) is 0 Å². The minimum atomic E-state index is 0.116. The third kappa shape index (κ3) is 1.21. The second-order valence-corrected chi connectivity index (χ2v) is 4.68. The van der Waals surface area contributed by atoms with Gasteiger partial charge in [0.05, 0.1) is 6.04 Å². The summed E-state index contributed by atoms with van der Waals surface area (Å²) in [5.74, 6) is 0.793. The highest BCUT2D eigenvalue weighted by Crippen LogP contribution is 2.42. The lowest BCUT2D eigenvalue weighted by Crippen LogP contribution is -2.29. The molecule has 0 radical (unpaired) electrons. The summed E-state index contributed by atoms with van der Waals surface area (Å²) in [5.41, 5.74) is 3.40. The molecular weight excluding hydrogens is 186 g/mol. The lowest BCUT2D eigenvalue weighted by Gasteiger charge is -2.32. The summed E-state index contributed by atoms with van der Waals surface area (Å²) in [4.78, 5) is 11.8. The van der Waals surface area contributed by atoms with E-state index < -0.39 is 0 Å². The van der Waals surface area contributed by atoms with Crippen LogP contribution in [0.25, 0.3) is 0 Å². The van der Waals surface area contributed by atoms with Gasteiger partial charge in [-0.15, -0.1) is 0 Å². The number of carbonyl (C=O) groups excluding carboxylic acids is 1. The van der Waals surface area contributed by atoms with E-state index in [0.717, 1.165) is 5.56 Å². The number of benzene rings is 1.